The number of allylic oxidation sites excluding steroid dienone is 1. The van der Waals surface area contributed by atoms with Gasteiger partial charge in [-0.05, 0) is 42.4 Å². The average Bonchev–Trinajstić information content (AvgIpc) is 2.75. The van der Waals surface area contributed by atoms with Gasteiger partial charge in [0.2, 0.25) is 6.41 Å². The number of nitrogens with zero attached hydrogens (tertiary/aromatic N) is 1. The summed E-state index contributed by atoms with van der Waals surface area (Å²) < 4.78 is 5.87. The highest BCUT2D eigenvalue weighted by Gasteiger charge is 2.42. The zero-order chi connectivity index (χ0) is 12.8. The molecule has 2 aliphatic heterocycles. The molecule has 0 aromatic heterocycles. The molecule has 0 aromatic rings. The first-order chi connectivity index (χ1) is 9.38. The second-order valence-electron chi connectivity index (χ2n) is 5.72. The lowest BCUT2D eigenvalue weighted by Gasteiger charge is -2.35. The molecule has 19 heavy (non-hydrogen) atoms. The van der Waals surface area contributed by atoms with Crippen LogP contribution in [0.5, 0.6) is 0 Å². The fourth-order valence-electron chi connectivity index (χ4n) is 3.95. The van der Waals surface area contributed by atoms with Crippen LogP contribution in [0, 0.1) is 0 Å². The molecule has 1 amide bonds. The number of nitrogens with one attached hydrogen (secondary N) is 1. The SMILES string of the molecule is O=CN1CC2=C3C(=CCCC31)C1OC=CNC1CC2. The summed E-state index contributed by atoms with van der Waals surface area (Å²) in [5.41, 5.74) is 4.18. The van der Waals surface area contributed by atoms with Gasteiger partial charge in [0.25, 0.3) is 0 Å². The van der Waals surface area contributed by atoms with Gasteiger partial charge in [0, 0.05) is 12.7 Å². The summed E-state index contributed by atoms with van der Waals surface area (Å²) in [5.74, 6) is 0. The maximum Gasteiger partial charge on any atom is 0.210 e. The molecule has 2 heterocycles. The van der Waals surface area contributed by atoms with Gasteiger partial charge < -0.3 is 15.0 Å². The minimum absolute atomic E-state index is 0.118. The van der Waals surface area contributed by atoms with E-state index in [-0.39, 0.29) is 6.10 Å². The van der Waals surface area contributed by atoms with E-state index in [1.807, 2.05) is 11.1 Å². The summed E-state index contributed by atoms with van der Waals surface area (Å²) >= 11 is 0. The fraction of sp³-hybridized carbons (Fsp3) is 0.533. The summed E-state index contributed by atoms with van der Waals surface area (Å²) in [6.45, 7) is 0.813. The molecule has 3 atom stereocenters. The first kappa shape index (κ1) is 11.1. The first-order valence-corrected chi connectivity index (χ1v) is 7.08. The molecule has 4 nitrogen and oxygen atoms in total. The van der Waals surface area contributed by atoms with Crippen molar-refractivity contribution in [3.05, 3.63) is 35.3 Å². The van der Waals surface area contributed by atoms with Crippen molar-refractivity contribution in [2.24, 2.45) is 0 Å². The van der Waals surface area contributed by atoms with Crippen LogP contribution in [0.25, 0.3) is 0 Å². The molecule has 1 N–H and O–H groups in total. The van der Waals surface area contributed by atoms with E-state index in [0.29, 0.717) is 12.1 Å². The van der Waals surface area contributed by atoms with Gasteiger partial charge in [-0.25, -0.2) is 0 Å². The van der Waals surface area contributed by atoms with Crippen molar-refractivity contribution in [3.63, 3.8) is 0 Å². The highest BCUT2D eigenvalue weighted by Crippen LogP contribution is 2.43. The van der Waals surface area contributed by atoms with E-state index in [0.717, 1.165) is 38.6 Å². The van der Waals surface area contributed by atoms with E-state index in [9.17, 15) is 4.79 Å². The number of hydrogen-bond donors (Lipinski definition) is 1. The average molecular weight is 258 g/mol. The van der Waals surface area contributed by atoms with Crippen molar-refractivity contribution in [3.8, 4) is 0 Å². The fourth-order valence-corrected chi connectivity index (χ4v) is 3.95. The maximum atomic E-state index is 11.2. The van der Waals surface area contributed by atoms with Crippen molar-refractivity contribution in [1.29, 1.82) is 0 Å². The third-order valence-electron chi connectivity index (χ3n) is 4.77. The molecule has 4 heteroatoms. The summed E-state index contributed by atoms with van der Waals surface area (Å²) in [4.78, 5) is 13.2. The van der Waals surface area contributed by atoms with Crippen molar-refractivity contribution >= 4 is 6.41 Å². The Labute approximate surface area is 112 Å². The van der Waals surface area contributed by atoms with Crippen LogP contribution in [0.1, 0.15) is 25.7 Å². The summed E-state index contributed by atoms with van der Waals surface area (Å²) in [6.07, 6.45) is 11.3. The second-order valence-corrected chi connectivity index (χ2v) is 5.72. The van der Waals surface area contributed by atoms with Gasteiger partial charge in [0.15, 0.2) is 0 Å². The Morgan fingerprint density at radius 2 is 2.37 bits per heavy atom. The number of fused-ring (bicyclic) bond motifs is 2. The van der Waals surface area contributed by atoms with Crippen LogP contribution in [-0.4, -0.2) is 36.0 Å². The van der Waals surface area contributed by atoms with Crippen LogP contribution in [0.15, 0.2) is 35.3 Å². The van der Waals surface area contributed by atoms with Gasteiger partial charge in [0.05, 0.1) is 18.3 Å². The number of carbonyl (C=O) groups excluding carboxylic acids is 1. The van der Waals surface area contributed by atoms with E-state index >= 15 is 0 Å². The van der Waals surface area contributed by atoms with Crippen LogP contribution in [0.2, 0.25) is 0 Å². The van der Waals surface area contributed by atoms with Gasteiger partial charge in [0.1, 0.15) is 6.10 Å². The summed E-state index contributed by atoms with van der Waals surface area (Å²) in [7, 11) is 0. The molecule has 0 radical (unpaired) electrons. The molecule has 100 valence electrons. The topological polar surface area (TPSA) is 41.6 Å². The molecule has 3 unspecified atom stereocenters. The largest absolute Gasteiger partial charge is 0.490 e. The minimum Gasteiger partial charge on any atom is -0.490 e. The third kappa shape index (κ3) is 1.55. The van der Waals surface area contributed by atoms with Gasteiger partial charge in [-0.2, -0.15) is 0 Å². The van der Waals surface area contributed by atoms with Gasteiger partial charge in [-0.15, -0.1) is 0 Å². The number of rotatable bonds is 1. The van der Waals surface area contributed by atoms with E-state index < -0.39 is 0 Å². The normalized spacial score (nSPS) is 35.7. The molecule has 0 saturated carbocycles. The van der Waals surface area contributed by atoms with Crippen molar-refractivity contribution in [2.45, 2.75) is 43.9 Å². The molecule has 0 aromatic carbocycles. The Kier molecular flexibility index (Phi) is 2.43. The van der Waals surface area contributed by atoms with Crippen molar-refractivity contribution < 1.29 is 9.53 Å². The lowest BCUT2D eigenvalue weighted by molar-refractivity contribution is -0.118. The lowest BCUT2D eigenvalue weighted by atomic mass is 9.84. The quantitative estimate of drug-likeness (QED) is 0.724. The molecular weight excluding hydrogens is 240 g/mol. The Bertz CT molecular complexity index is 506. The van der Waals surface area contributed by atoms with Crippen molar-refractivity contribution in [2.75, 3.05) is 6.54 Å². The molecule has 0 spiro atoms. The Morgan fingerprint density at radius 3 is 3.26 bits per heavy atom. The van der Waals surface area contributed by atoms with E-state index in [1.54, 1.807) is 6.26 Å². The van der Waals surface area contributed by atoms with E-state index in [4.69, 9.17) is 4.74 Å². The monoisotopic (exact) mass is 258 g/mol. The minimum atomic E-state index is 0.118. The predicted molar refractivity (Wildman–Crippen MR) is 71.1 cm³/mol. The van der Waals surface area contributed by atoms with Crippen LogP contribution in [-0.2, 0) is 9.53 Å². The van der Waals surface area contributed by atoms with Crippen LogP contribution < -0.4 is 5.32 Å². The number of carbonyl (C=O) groups is 1. The molecular formula is C15H18N2O2. The number of ether oxygens (including phenoxy) is 1. The van der Waals surface area contributed by atoms with Crippen LogP contribution in [0.3, 0.4) is 0 Å². The molecule has 0 saturated heterocycles. The van der Waals surface area contributed by atoms with Gasteiger partial charge in [-0.3, -0.25) is 4.79 Å². The second kappa shape index (κ2) is 4.15. The standard InChI is InChI=1S/C15H18N2O2/c18-9-17-8-10-4-5-12-15(19-7-6-16-12)11-2-1-3-13(17)14(10)11/h2,6-7,9,12-13,15-16H,1,3-5,8H2. The van der Waals surface area contributed by atoms with E-state index in [2.05, 4.69) is 11.4 Å². The third-order valence-corrected chi connectivity index (χ3v) is 4.77. The highest BCUT2D eigenvalue weighted by molar-refractivity contribution is 5.59. The summed E-state index contributed by atoms with van der Waals surface area (Å²) in [5, 5.41) is 3.42. The van der Waals surface area contributed by atoms with Crippen LogP contribution >= 0.6 is 0 Å². The molecule has 4 aliphatic rings. The first-order valence-electron chi connectivity index (χ1n) is 7.08. The Morgan fingerprint density at radius 1 is 1.42 bits per heavy atom. The number of hydrogen-bond acceptors (Lipinski definition) is 3. The Balaban J connectivity index is 1.77. The maximum absolute atomic E-state index is 11.2. The molecule has 2 aliphatic carbocycles. The van der Waals surface area contributed by atoms with Crippen LogP contribution in [0.4, 0.5) is 0 Å². The predicted octanol–water partition coefficient (Wildman–Crippen LogP) is 1.47. The number of amides is 1. The lowest BCUT2D eigenvalue weighted by Crippen LogP contribution is -2.44. The van der Waals surface area contributed by atoms with Gasteiger partial charge in [-0.1, -0.05) is 6.08 Å². The zero-order valence-electron chi connectivity index (χ0n) is 10.8. The van der Waals surface area contributed by atoms with E-state index in [1.165, 1.54) is 16.7 Å². The molecule has 0 bridgehead atoms. The van der Waals surface area contributed by atoms with Crippen molar-refractivity contribution in [1.82, 2.24) is 10.2 Å². The highest BCUT2D eigenvalue weighted by atomic mass is 16.5. The molecule has 0 fully saturated rings. The Hall–Kier alpha value is -1.71. The smallest absolute Gasteiger partial charge is 0.210 e. The summed E-state index contributed by atoms with van der Waals surface area (Å²) in [6, 6.07) is 0.658. The molecule has 4 rings (SSSR count). The zero-order valence-corrected chi connectivity index (χ0v) is 10.8. The van der Waals surface area contributed by atoms with Gasteiger partial charge >= 0.3 is 0 Å².